The lowest BCUT2D eigenvalue weighted by Crippen LogP contribution is -2.47. The van der Waals surface area contributed by atoms with E-state index in [1.54, 1.807) is 128 Å². The van der Waals surface area contributed by atoms with Gasteiger partial charge in [-0.15, -0.1) is 0 Å². The van der Waals surface area contributed by atoms with Crippen molar-refractivity contribution in [2.75, 3.05) is 139 Å². The van der Waals surface area contributed by atoms with Crippen molar-refractivity contribution in [2.24, 2.45) is 0 Å². The van der Waals surface area contributed by atoms with Crippen LogP contribution in [0.15, 0.2) is 322 Å². The predicted octanol–water partition coefficient (Wildman–Crippen LogP) is 14.8. The summed E-state index contributed by atoms with van der Waals surface area (Å²) in [5.41, 5.74) is 8.37. The van der Waals surface area contributed by atoms with Crippen LogP contribution < -0.4 is 26.6 Å². The topological polar surface area (TPSA) is 363 Å². The van der Waals surface area contributed by atoms with Gasteiger partial charge in [-0.2, -0.15) is 21.5 Å². The molecule has 4 aliphatic rings. The maximum atomic E-state index is 13.7. The molecular weight excluding hydrogens is 1840 g/mol. The van der Waals surface area contributed by atoms with Crippen LogP contribution in [0.2, 0.25) is 0 Å². The van der Waals surface area contributed by atoms with E-state index in [9.17, 15) is 74.8 Å². The Morgan fingerprint density at radius 1 is 0.346 bits per heavy atom. The zero-order valence-corrected chi connectivity index (χ0v) is 79.6. The van der Waals surface area contributed by atoms with Crippen molar-refractivity contribution >= 4 is 108 Å². The van der Waals surface area contributed by atoms with E-state index < -0.39 is 73.6 Å². The molecule has 1 unspecified atom stereocenters. The molecule has 29 nitrogen and oxygen atoms in total. The number of likely N-dealkylation sites (N-methyl/N-ethyl adjacent to an activating group) is 1. The van der Waals surface area contributed by atoms with E-state index in [0.29, 0.717) is 113 Å². The Morgan fingerprint density at radius 2 is 0.654 bits per heavy atom. The number of rotatable bonds is 23. The van der Waals surface area contributed by atoms with Gasteiger partial charge in [0.15, 0.2) is 0 Å². The second kappa shape index (κ2) is 47.1. The Morgan fingerprint density at radius 3 is 1.04 bits per heavy atom. The fourth-order valence-corrected chi connectivity index (χ4v) is 22.2. The summed E-state index contributed by atoms with van der Waals surface area (Å²) in [6.07, 6.45) is 0. The average molecular weight is 1950 g/mol. The Labute approximate surface area is 792 Å². The average Bonchev–Trinajstić information content (AvgIpc) is 0.469. The van der Waals surface area contributed by atoms with Crippen LogP contribution in [-0.2, 0) is 70.9 Å². The van der Waals surface area contributed by atoms with Crippen molar-refractivity contribution in [1.29, 1.82) is 0 Å². The Kier molecular flexibility index (Phi) is 35.4. The number of para-hydroxylation sites is 5. The molecule has 0 bridgehead atoms. The summed E-state index contributed by atoms with van der Waals surface area (Å²) in [5, 5.41) is 13.4. The van der Waals surface area contributed by atoms with Crippen LogP contribution in [0.25, 0.3) is 11.1 Å². The largest absolute Gasteiger partial charge is 0.379 e. The second-order valence-electron chi connectivity index (χ2n) is 31.9. The standard InChI is InChI=1S/C23H22N2O4S.C21H19FN2O3S.C19H23N3O3S.C19H22N2O4S.C18H19FN2O4S/c26-23(20-12-10-19(11-13-20)18-6-2-1-3-7-18)24-21-8-4-5-9-22(21)30(27,28)25-14-16-29-17-15-25;1-24(15-16-7-3-2-4-8-16)28(26,27)20-10-6-5-9-19(20)23-21(25)17-11-13-18(22)14-12-17;1-15-7-9-16(10-8-15)19(23)20-17-5-3-4-6-18(17)26(24,25)22-13-11-21(2)12-14-22;1-14-7-9-16(10-8-14)19(22)20-17-5-3-4-6-18(17)26(23,24)21-11-12-25-13-15(21)2;1-13-6-7-14(12-15(13)19)18(22)20-16-4-2-3-5-17(16)26(23,24)21-8-10-25-11-9-21/h1-13H,14-17H2,(H,24,26);2-14H,15H2,1H3,(H,23,25);3-10H,11-14H2,1-2H3,(H,20,23);3-10,15H,11-13H2,1-2H3,(H,20,22);2-7,12H,8-11H2,1H3,(H,20,22). The molecule has 0 spiro atoms. The summed E-state index contributed by atoms with van der Waals surface area (Å²) in [4.78, 5) is 65.0. The Bertz CT molecular complexity index is 6780. The lowest BCUT2D eigenvalue weighted by molar-refractivity contribution is 0.0393. The van der Waals surface area contributed by atoms with Gasteiger partial charge in [-0.05, 0) is 190 Å². The smallest absolute Gasteiger partial charge is 0.255 e. The summed E-state index contributed by atoms with van der Waals surface area (Å²) >= 11 is 0. The number of benzene rings is 12. The molecule has 0 aliphatic carbocycles. The highest BCUT2D eigenvalue weighted by molar-refractivity contribution is 7.90. The predicted molar refractivity (Wildman–Crippen MR) is 518 cm³/mol. The molecule has 0 radical (unpaired) electrons. The van der Waals surface area contributed by atoms with Crippen LogP contribution in [0, 0.1) is 32.4 Å². The number of amides is 5. The fraction of sp³-hybridized carbons (Fsp3) is 0.230. The minimum atomic E-state index is -3.84. The zero-order chi connectivity index (χ0) is 97.3. The molecule has 136 heavy (non-hydrogen) atoms. The van der Waals surface area contributed by atoms with Gasteiger partial charge in [0.2, 0.25) is 50.1 Å². The molecule has 12 aromatic carbocycles. The van der Waals surface area contributed by atoms with E-state index in [1.165, 1.54) is 101 Å². The first kappa shape index (κ1) is 102. The molecule has 712 valence electrons. The van der Waals surface area contributed by atoms with Crippen molar-refractivity contribution < 1.29 is 89.1 Å². The van der Waals surface area contributed by atoms with Crippen LogP contribution >= 0.6 is 0 Å². The third-order valence-electron chi connectivity index (χ3n) is 22.2. The maximum Gasteiger partial charge on any atom is 0.255 e. The summed E-state index contributed by atoms with van der Waals surface area (Å²) in [5.74, 6) is -3.08. The molecule has 4 heterocycles. The van der Waals surface area contributed by atoms with Gasteiger partial charge in [0, 0.05) is 106 Å². The van der Waals surface area contributed by atoms with Gasteiger partial charge in [0.05, 0.1) is 68.1 Å². The number of ether oxygens (including phenoxy) is 3. The van der Waals surface area contributed by atoms with Gasteiger partial charge < -0.3 is 45.7 Å². The highest BCUT2D eigenvalue weighted by Gasteiger charge is 2.36. The fourth-order valence-electron chi connectivity index (χ4n) is 14.4. The van der Waals surface area contributed by atoms with Gasteiger partial charge in [0.1, 0.15) is 36.1 Å². The number of morpholine rings is 3. The molecule has 36 heteroatoms. The monoisotopic (exact) mass is 1950 g/mol. The molecule has 4 aliphatic heterocycles. The molecule has 5 N–H and O–H groups in total. The SMILES string of the molecule is CN(Cc1ccccc1)S(=O)(=O)c1ccccc1NC(=O)c1ccc(F)cc1.Cc1ccc(C(=O)Nc2ccccc2S(=O)(=O)N2CCN(C)CC2)cc1.Cc1ccc(C(=O)Nc2ccccc2S(=O)(=O)N2CCOCC2)cc1F.Cc1ccc(C(=O)Nc2ccccc2S(=O)(=O)N2CCOCC2C)cc1.O=C(Nc1ccccc1S(=O)(=O)N1CCOCC1)c1ccc(-c2ccccc2)cc1. The normalized spacial score (nSPS) is 15.3. The first-order chi connectivity index (χ1) is 65.1. The minimum Gasteiger partial charge on any atom is -0.379 e. The van der Waals surface area contributed by atoms with Crippen molar-refractivity contribution in [3.05, 3.63) is 359 Å². The quantitative estimate of drug-likeness (QED) is 0.0397. The number of hydrogen-bond donors (Lipinski definition) is 5. The van der Waals surface area contributed by atoms with Gasteiger partial charge >= 0.3 is 0 Å². The summed E-state index contributed by atoms with van der Waals surface area (Å²) in [6.45, 7) is 13.3. The van der Waals surface area contributed by atoms with Crippen molar-refractivity contribution in [3.63, 3.8) is 0 Å². The number of nitrogens with one attached hydrogen (secondary N) is 5. The number of carbonyl (C=O) groups is 5. The summed E-state index contributed by atoms with van der Waals surface area (Å²) in [6, 6.07) is 81.3. The van der Waals surface area contributed by atoms with Gasteiger partial charge in [-0.25, -0.2) is 50.9 Å². The number of nitrogens with zero attached hydrogens (tertiary/aromatic N) is 6. The lowest BCUT2D eigenvalue weighted by Gasteiger charge is -2.32. The Hall–Kier alpha value is -12.8. The van der Waals surface area contributed by atoms with E-state index in [0.717, 1.165) is 33.9 Å². The summed E-state index contributed by atoms with van der Waals surface area (Å²) in [7, 11) is -15.3. The van der Waals surface area contributed by atoms with Crippen molar-refractivity contribution in [1.82, 2.24) is 26.4 Å². The third-order valence-corrected chi connectivity index (χ3v) is 32.0. The lowest BCUT2D eigenvalue weighted by atomic mass is 10.0. The molecule has 0 saturated carbocycles. The molecule has 12 aromatic rings. The van der Waals surface area contributed by atoms with Crippen LogP contribution in [0.4, 0.5) is 37.2 Å². The molecule has 4 fully saturated rings. The number of carbonyl (C=O) groups excluding carboxylic acids is 5. The number of halogens is 2. The van der Waals surface area contributed by atoms with E-state index in [-0.39, 0.29) is 102 Å². The molecule has 5 amide bonds. The number of anilines is 5. The van der Waals surface area contributed by atoms with E-state index >= 15 is 0 Å². The van der Waals surface area contributed by atoms with Crippen LogP contribution in [-0.4, -0.2) is 217 Å². The molecule has 4 saturated heterocycles. The number of aryl methyl sites for hydroxylation is 3. The number of hydrogen-bond acceptors (Lipinski definition) is 19. The Balaban J connectivity index is 0.000000153. The van der Waals surface area contributed by atoms with E-state index in [1.807, 2.05) is 125 Å². The first-order valence-corrected chi connectivity index (χ1v) is 50.6. The van der Waals surface area contributed by atoms with Crippen molar-refractivity contribution in [3.8, 4) is 11.1 Å². The molecular formula is C100H105F2N11O18S5. The summed E-state index contributed by atoms with van der Waals surface area (Å²) < 4.78 is 180. The third kappa shape index (κ3) is 26.7. The minimum absolute atomic E-state index is 0.00262. The maximum absolute atomic E-state index is 13.7. The van der Waals surface area contributed by atoms with Gasteiger partial charge in [-0.1, -0.05) is 175 Å². The first-order valence-electron chi connectivity index (χ1n) is 43.4. The molecule has 16 rings (SSSR count). The molecule has 1 atom stereocenters. The van der Waals surface area contributed by atoms with Crippen LogP contribution in [0.5, 0.6) is 0 Å². The highest BCUT2D eigenvalue weighted by atomic mass is 32.2. The highest BCUT2D eigenvalue weighted by Crippen LogP contribution is 2.34. The van der Waals surface area contributed by atoms with E-state index in [4.69, 9.17) is 14.2 Å². The number of sulfonamides is 5. The second-order valence-corrected chi connectivity index (χ2v) is 41.5. The van der Waals surface area contributed by atoms with Crippen molar-refractivity contribution in [2.45, 2.75) is 64.8 Å². The zero-order valence-electron chi connectivity index (χ0n) is 75.5. The van der Waals surface area contributed by atoms with Crippen LogP contribution in [0.1, 0.15) is 81.0 Å². The van der Waals surface area contributed by atoms with Gasteiger partial charge in [-0.3, -0.25) is 24.0 Å². The number of piperazine rings is 1. The van der Waals surface area contributed by atoms with Crippen LogP contribution in [0.3, 0.4) is 0 Å². The van der Waals surface area contributed by atoms with Gasteiger partial charge in [0.25, 0.3) is 29.5 Å². The molecule has 0 aromatic heterocycles. The van der Waals surface area contributed by atoms with E-state index in [2.05, 4.69) is 31.5 Å².